The van der Waals surface area contributed by atoms with Gasteiger partial charge < -0.3 is 5.32 Å². The minimum atomic E-state index is -0.123. The van der Waals surface area contributed by atoms with Crippen molar-refractivity contribution in [3.05, 3.63) is 53.6 Å². The highest BCUT2D eigenvalue weighted by molar-refractivity contribution is 5.92. The lowest BCUT2D eigenvalue weighted by Crippen LogP contribution is -2.05. The number of carbonyl (C=O) groups is 1. The number of anilines is 1. The molecule has 0 saturated carbocycles. The molecule has 4 heteroatoms. The van der Waals surface area contributed by atoms with Crippen molar-refractivity contribution in [3.63, 3.8) is 0 Å². The van der Waals surface area contributed by atoms with E-state index in [1.807, 2.05) is 56.3 Å². The summed E-state index contributed by atoms with van der Waals surface area (Å²) in [5.41, 5.74) is 4.34. The topological polar surface area (TPSA) is 53.8 Å². The van der Waals surface area contributed by atoms with E-state index in [4.69, 9.17) is 0 Å². The Bertz CT molecular complexity index is 645. The molecule has 0 aliphatic heterocycles. The van der Waals surface area contributed by atoms with Crippen molar-refractivity contribution in [2.24, 2.45) is 10.2 Å². The van der Waals surface area contributed by atoms with Gasteiger partial charge in [0.25, 0.3) is 0 Å². The number of aryl methyl sites for hydroxylation is 2. The Labute approximate surface area is 118 Å². The minimum absolute atomic E-state index is 0.123. The van der Waals surface area contributed by atoms with Crippen LogP contribution < -0.4 is 5.32 Å². The van der Waals surface area contributed by atoms with E-state index in [2.05, 4.69) is 15.5 Å². The summed E-state index contributed by atoms with van der Waals surface area (Å²) in [6, 6.07) is 13.4. The van der Waals surface area contributed by atoms with Crippen molar-refractivity contribution in [1.82, 2.24) is 0 Å². The van der Waals surface area contributed by atoms with Crippen LogP contribution in [0.5, 0.6) is 0 Å². The lowest BCUT2D eigenvalue weighted by atomic mass is 10.2. The predicted molar refractivity (Wildman–Crippen MR) is 80.8 cm³/mol. The Morgan fingerprint density at radius 3 is 2.25 bits per heavy atom. The predicted octanol–water partition coefficient (Wildman–Crippen LogP) is 4.68. The summed E-state index contributed by atoms with van der Waals surface area (Å²) in [5, 5.41) is 11.2. The molecule has 102 valence electrons. The summed E-state index contributed by atoms with van der Waals surface area (Å²) < 4.78 is 0. The molecular weight excluding hydrogens is 250 g/mol. The Morgan fingerprint density at radius 1 is 0.950 bits per heavy atom. The zero-order valence-corrected chi connectivity index (χ0v) is 11.8. The SMILES string of the molecule is CC(=O)Nc1cc(C)ccc1N=Nc1ccc(C)cc1. The van der Waals surface area contributed by atoms with Crippen LogP contribution in [0.4, 0.5) is 17.1 Å². The van der Waals surface area contributed by atoms with E-state index < -0.39 is 0 Å². The molecule has 0 heterocycles. The molecule has 1 N–H and O–H groups in total. The highest BCUT2D eigenvalue weighted by Gasteiger charge is 2.03. The van der Waals surface area contributed by atoms with Crippen molar-refractivity contribution < 1.29 is 4.79 Å². The van der Waals surface area contributed by atoms with Crippen LogP contribution >= 0.6 is 0 Å². The van der Waals surface area contributed by atoms with Crippen LogP contribution in [0.25, 0.3) is 0 Å². The van der Waals surface area contributed by atoms with E-state index in [9.17, 15) is 4.79 Å². The maximum Gasteiger partial charge on any atom is 0.221 e. The molecule has 0 spiro atoms. The molecule has 4 nitrogen and oxygen atoms in total. The number of hydrogen-bond acceptors (Lipinski definition) is 3. The van der Waals surface area contributed by atoms with E-state index in [0.29, 0.717) is 11.4 Å². The number of nitrogens with one attached hydrogen (secondary N) is 1. The van der Waals surface area contributed by atoms with E-state index in [-0.39, 0.29) is 5.91 Å². The second kappa shape index (κ2) is 6.10. The summed E-state index contributed by atoms with van der Waals surface area (Å²) in [5.74, 6) is -0.123. The van der Waals surface area contributed by atoms with Crippen molar-refractivity contribution in [2.75, 3.05) is 5.32 Å². The van der Waals surface area contributed by atoms with Gasteiger partial charge in [-0.05, 0) is 43.7 Å². The quantitative estimate of drug-likeness (QED) is 0.807. The first-order valence-electron chi connectivity index (χ1n) is 6.41. The van der Waals surface area contributed by atoms with Gasteiger partial charge in [-0.3, -0.25) is 4.79 Å². The smallest absolute Gasteiger partial charge is 0.221 e. The monoisotopic (exact) mass is 267 g/mol. The number of carbonyl (C=O) groups excluding carboxylic acids is 1. The van der Waals surface area contributed by atoms with Crippen LogP contribution in [0.15, 0.2) is 52.7 Å². The minimum Gasteiger partial charge on any atom is -0.324 e. The second-order valence-electron chi connectivity index (χ2n) is 4.74. The summed E-state index contributed by atoms with van der Waals surface area (Å²) >= 11 is 0. The Morgan fingerprint density at radius 2 is 1.60 bits per heavy atom. The Hall–Kier alpha value is -2.49. The van der Waals surface area contributed by atoms with Crippen LogP contribution in [-0.2, 0) is 4.79 Å². The number of nitrogens with zero attached hydrogens (tertiary/aromatic N) is 2. The average Bonchev–Trinajstić information content (AvgIpc) is 2.39. The number of benzene rings is 2. The van der Waals surface area contributed by atoms with Gasteiger partial charge in [-0.15, -0.1) is 5.11 Å². The molecule has 0 radical (unpaired) electrons. The number of amides is 1. The van der Waals surface area contributed by atoms with Gasteiger partial charge in [-0.1, -0.05) is 23.8 Å². The molecule has 0 aliphatic carbocycles. The first-order chi connectivity index (χ1) is 9.54. The zero-order chi connectivity index (χ0) is 14.5. The standard InChI is InChI=1S/C16H17N3O/c1-11-4-7-14(8-5-11)18-19-15-9-6-12(2)10-16(15)17-13(3)20/h4-10H,1-3H3,(H,17,20). The van der Waals surface area contributed by atoms with Crippen molar-refractivity contribution in [1.29, 1.82) is 0 Å². The Balaban J connectivity index is 2.28. The molecule has 0 aromatic heterocycles. The zero-order valence-electron chi connectivity index (χ0n) is 11.8. The fourth-order valence-corrected chi connectivity index (χ4v) is 1.75. The van der Waals surface area contributed by atoms with Gasteiger partial charge in [0.1, 0.15) is 5.69 Å². The van der Waals surface area contributed by atoms with E-state index >= 15 is 0 Å². The van der Waals surface area contributed by atoms with Gasteiger partial charge in [0, 0.05) is 6.92 Å². The lowest BCUT2D eigenvalue weighted by molar-refractivity contribution is -0.114. The fourth-order valence-electron chi connectivity index (χ4n) is 1.75. The van der Waals surface area contributed by atoms with Gasteiger partial charge in [0.15, 0.2) is 0 Å². The lowest BCUT2D eigenvalue weighted by Gasteiger charge is -2.06. The van der Waals surface area contributed by atoms with Gasteiger partial charge in [0.05, 0.1) is 11.4 Å². The van der Waals surface area contributed by atoms with Crippen molar-refractivity contribution >= 4 is 23.0 Å². The van der Waals surface area contributed by atoms with Crippen LogP contribution in [-0.4, -0.2) is 5.91 Å². The molecule has 20 heavy (non-hydrogen) atoms. The Kier molecular flexibility index (Phi) is 4.25. The fraction of sp³-hybridized carbons (Fsp3) is 0.188. The molecule has 2 aromatic carbocycles. The first kappa shape index (κ1) is 13.9. The second-order valence-corrected chi connectivity index (χ2v) is 4.74. The van der Waals surface area contributed by atoms with E-state index in [1.165, 1.54) is 12.5 Å². The summed E-state index contributed by atoms with van der Waals surface area (Å²) in [7, 11) is 0. The van der Waals surface area contributed by atoms with Crippen LogP contribution in [0.3, 0.4) is 0 Å². The van der Waals surface area contributed by atoms with E-state index in [1.54, 1.807) is 0 Å². The normalized spacial score (nSPS) is 10.8. The molecule has 0 saturated heterocycles. The highest BCUT2D eigenvalue weighted by atomic mass is 16.1. The van der Waals surface area contributed by atoms with Gasteiger partial charge in [-0.2, -0.15) is 5.11 Å². The maximum absolute atomic E-state index is 11.2. The molecule has 2 rings (SSSR count). The van der Waals surface area contributed by atoms with Gasteiger partial charge >= 0.3 is 0 Å². The molecule has 0 atom stereocenters. The molecule has 0 aliphatic rings. The molecule has 0 fully saturated rings. The average molecular weight is 267 g/mol. The molecule has 1 amide bonds. The largest absolute Gasteiger partial charge is 0.324 e. The molecule has 2 aromatic rings. The van der Waals surface area contributed by atoms with E-state index in [0.717, 1.165) is 11.3 Å². The van der Waals surface area contributed by atoms with Crippen molar-refractivity contribution in [2.45, 2.75) is 20.8 Å². The van der Waals surface area contributed by atoms with Crippen LogP contribution in [0.1, 0.15) is 18.1 Å². The third-order valence-corrected chi connectivity index (χ3v) is 2.77. The van der Waals surface area contributed by atoms with Crippen LogP contribution in [0, 0.1) is 13.8 Å². The molecular formula is C16H17N3O. The molecule has 0 bridgehead atoms. The van der Waals surface area contributed by atoms with Crippen molar-refractivity contribution in [3.8, 4) is 0 Å². The highest BCUT2D eigenvalue weighted by Crippen LogP contribution is 2.28. The first-order valence-corrected chi connectivity index (χ1v) is 6.41. The summed E-state index contributed by atoms with van der Waals surface area (Å²) in [4.78, 5) is 11.2. The number of azo groups is 1. The van der Waals surface area contributed by atoms with Gasteiger partial charge in [-0.25, -0.2) is 0 Å². The van der Waals surface area contributed by atoms with Crippen LogP contribution in [0.2, 0.25) is 0 Å². The molecule has 0 unspecified atom stereocenters. The summed E-state index contributed by atoms with van der Waals surface area (Å²) in [6.07, 6.45) is 0. The summed E-state index contributed by atoms with van der Waals surface area (Å²) in [6.45, 7) is 5.46. The third-order valence-electron chi connectivity index (χ3n) is 2.77. The number of hydrogen-bond donors (Lipinski definition) is 1. The third kappa shape index (κ3) is 3.75. The maximum atomic E-state index is 11.2. The number of rotatable bonds is 3. The van der Waals surface area contributed by atoms with Gasteiger partial charge in [0.2, 0.25) is 5.91 Å².